The van der Waals surface area contributed by atoms with Gasteiger partial charge in [0.25, 0.3) is 5.91 Å². The summed E-state index contributed by atoms with van der Waals surface area (Å²) in [5.74, 6) is -0.204. The van der Waals surface area contributed by atoms with Crippen molar-refractivity contribution in [3.63, 3.8) is 0 Å². The quantitative estimate of drug-likeness (QED) is 0.452. The van der Waals surface area contributed by atoms with E-state index in [9.17, 15) is 21.6 Å². The van der Waals surface area contributed by atoms with Gasteiger partial charge in [0, 0.05) is 25.7 Å². The number of nitrogens with zero attached hydrogens (tertiary/aromatic N) is 1. The Bertz CT molecular complexity index is 1300. The predicted molar refractivity (Wildman–Crippen MR) is 140 cm³/mol. The topological polar surface area (TPSA) is 122 Å². The molecule has 2 N–H and O–H groups in total. The zero-order valence-electron chi connectivity index (χ0n) is 20.5. The molecule has 1 aliphatic heterocycles. The second kappa shape index (κ2) is 12.1. The molecule has 0 aromatic heterocycles. The Kier molecular flexibility index (Phi) is 9.12. The number of halogens is 1. The average molecular weight is 570 g/mol. The molecule has 0 unspecified atom stereocenters. The summed E-state index contributed by atoms with van der Waals surface area (Å²) in [4.78, 5) is 12.6. The maximum Gasteiger partial charge on any atom is 0.258 e. The number of carbonyl (C=O) groups is 1. The molecule has 1 saturated heterocycles. The second-order valence-corrected chi connectivity index (χ2v) is 13.4. The lowest BCUT2D eigenvalue weighted by molar-refractivity contribution is -0.123. The van der Waals surface area contributed by atoms with Crippen molar-refractivity contribution in [2.45, 2.75) is 67.3 Å². The van der Waals surface area contributed by atoms with E-state index in [0.717, 1.165) is 50.5 Å². The zero-order valence-corrected chi connectivity index (χ0v) is 22.9. The highest BCUT2D eigenvalue weighted by Gasteiger charge is 2.26. The molecule has 2 aromatic carbocycles. The van der Waals surface area contributed by atoms with Crippen LogP contribution in [0.3, 0.4) is 0 Å². The van der Waals surface area contributed by atoms with E-state index in [4.69, 9.17) is 16.3 Å². The van der Waals surface area contributed by atoms with Gasteiger partial charge >= 0.3 is 0 Å². The van der Waals surface area contributed by atoms with Gasteiger partial charge in [-0.3, -0.25) is 4.79 Å². The van der Waals surface area contributed by atoms with Crippen LogP contribution >= 0.6 is 11.6 Å². The van der Waals surface area contributed by atoms with Crippen LogP contribution in [0.1, 0.15) is 50.5 Å². The second-order valence-electron chi connectivity index (χ2n) is 9.37. The van der Waals surface area contributed by atoms with Gasteiger partial charge in [0.2, 0.25) is 20.0 Å². The first kappa shape index (κ1) is 27.8. The number of hydrogen-bond donors (Lipinski definition) is 2. The fraction of sp³-hybridized carbons (Fsp3) is 0.480. The van der Waals surface area contributed by atoms with Gasteiger partial charge in [-0.05, 0) is 61.6 Å². The molecule has 9 nitrogen and oxygen atoms in total. The molecule has 1 saturated carbocycles. The molecular weight excluding hydrogens is 538 g/mol. The van der Waals surface area contributed by atoms with Crippen molar-refractivity contribution >= 4 is 37.6 Å². The van der Waals surface area contributed by atoms with Crippen LogP contribution in [0.25, 0.3) is 0 Å². The van der Waals surface area contributed by atoms with Gasteiger partial charge in [-0.15, -0.1) is 0 Å². The zero-order chi connectivity index (χ0) is 26.5. The molecule has 37 heavy (non-hydrogen) atoms. The summed E-state index contributed by atoms with van der Waals surface area (Å²) >= 11 is 6.21. The van der Waals surface area contributed by atoms with Crippen molar-refractivity contribution in [1.29, 1.82) is 0 Å². The highest BCUT2D eigenvalue weighted by atomic mass is 35.5. The van der Waals surface area contributed by atoms with E-state index in [1.54, 1.807) is 24.3 Å². The average Bonchev–Trinajstić information content (AvgIpc) is 3.40. The lowest BCUT2D eigenvalue weighted by Crippen LogP contribution is -2.35. The van der Waals surface area contributed by atoms with Crippen molar-refractivity contribution in [2.24, 2.45) is 0 Å². The minimum atomic E-state index is -3.68. The van der Waals surface area contributed by atoms with E-state index in [2.05, 4.69) is 10.0 Å². The molecule has 1 heterocycles. The molecule has 0 atom stereocenters. The first-order chi connectivity index (χ1) is 17.6. The Morgan fingerprint density at radius 1 is 0.919 bits per heavy atom. The van der Waals surface area contributed by atoms with Gasteiger partial charge in [-0.25, -0.2) is 21.6 Å². The van der Waals surface area contributed by atoms with E-state index < -0.39 is 26.0 Å². The van der Waals surface area contributed by atoms with Gasteiger partial charge in [0.1, 0.15) is 5.75 Å². The largest absolute Gasteiger partial charge is 0.482 e. The highest BCUT2D eigenvalue weighted by molar-refractivity contribution is 7.89. The third kappa shape index (κ3) is 7.23. The standard InChI is InChI=1S/C25H32ClN3O6S2/c26-23-16-22(36(31,32)28-20-6-2-3-7-20)12-13-24(23)35-18-25(30)27-17-19-8-10-21(11-9-19)37(33,34)29-14-4-1-5-15-29/h8-13,16,20,28H,1-7,14-15,17-18H2,(H,27,30). The molecule has 12 heteroatoms. The van der Waals surface area contributed by atoms with Crippen LogP contribution in [-0.4, -0.2) is 52.8 Å². The van der Waals surface area contributed by atoms with E-state index in [-0.39, 0.29) is 39.8 Å². The first-order valence-corrected chi connectivity index (χ1v) is 15.8. The molecule has 0 spiro atoms. The monoisotopic (exact) mass is 569 g/mol. The Morgan fingerprint density at radius 2 is 1.57 bits per heavy atom. The molecule has 2 aromatic rings. The fourth-order valence-electron chi connectivity index (χ4n) is 4.53. The van der Waals surface area contributed by atoms with E-state index in [0.29, 0.717) is 13.1 Å². The third-order valence-electron chi connectivity index (χ3n) is 6.62. The Hall–Kier alpha value is -2.18. The van der Waals surface area contributed by atoms with E-state index in [1.807, 2.05) is 0 Å². The normalized spacial score (nSPS) is 17.5. The van der Waals surface area contributed by atoms with Gasteiger partial charge < -0.3 is 10.1 Å². The van der Waals surface area contributed by atoms with Crippen molar-refractivity contribution in [3.05, 3.63) is 53.1 Å². The maximum absolute atomic E-state index is 12.8. The number of sulfonamides is 2. The number of ether oxygens (including phenoxy) is 1. The molecule has 4 rings (SSSR count). The fourth-order valence-corrected chi connectivity index (χ4v) is 7.67. The number of piperidine rings is 1. The van der Waals surface area contributed by atoms with Gasteiger partial charge in [0.15, 0.2) is 6.61 Å². The number of rotatable bonds is 10. The number of benzene rings is 2. The Balaban J connectivity index is 1.26. The lowest BCUT2D eigenvalue weighted by Gasteiger charge is -2.25. The third-order valence-corrected chi connectivity index (χ3v) is 10.3. The van der Waals surface area contributed by atoms with Gasteiger partial charge in [0.05, 0.1) is 14.8 Å². The molecule has 202 valence electrons. The van der Waals surface area contributed by atoms with Crippen LogP contribution in [-0.2, 0) is 31.4 Å². The summed E-state index contributed by atoms with van der Waals surface area (Å²) in [6, 6.07) is 10.5. The van der Waals surface area contributed by atoms with Crippen LogP contribution in [0.15, 0.2) is 52.3 Å². The summed E-state index contributed by atoms with van der Waals surface area (Å²) < 4.78 is 60.4. The van der Waals surface area contributed by atoms with Crippen molar-refractivity contribution in [3.8, 4) is 5.75 Å². The first-order valence-electron chi connectivity index (χ1n) is 12.5. The van der Waals surface area contributed by atoms with Crippen molar-refractivity contribution < 1.29 is 26.4 Å². The predicted octanol–water partition coefficient (Wildman–Crippen LogP) is 3.43. The smallest absolute Gasteiger partial charge is 0.258 e. The summed E-state index contributed by atoms with van der Waals surface area (Å²) in [5.41, 5.74) is 0.744. The van der Waals surface area contributed by atoms with Crippen molar-refractivity contribution in [2.75, 3.05) is 19.7 Å². The lowest BCUT2D eigenvalue weighted by atomic mass is 10.2. The van der Waals surface area contributed by atoms with Gasteiger partial charge in [-0.2, -0.15) is 4.31 Å². The van der Waals surface area contributed by atoms with E-state index in [1.165, 1.54) is 22.5 Å². The highest BCUT2D eigenvalue weighted by Crippen LogP contribution is 2.28. The molecule has 0 bridgehead atoms. The summed E-state index contributed by atoms with van der Waals surface area (Å²) in [6.45, 7) is 0.970. The Labute approximate surface area is 223 Å². The van der Waals surface area contributed by atoms with Crippen LogP contribution < -0.4 is 14.8 Å². The number of nitrogens with one attached hydrogen (secondary N) is 2. The molecule has 1 amide bonds. The molecule has 0 radical (unpaired) electrons. The minimum Gasteiger partial charge on any atom is -0.482 e. The number of hydrogen-bond acceptors (Lipinski definition) is 6. The van der Waals surface area contributed by atoms with E-state index >= 15 is 0 Å². The molecule has 1 aliphatic carbocycles. The SMILES string of the molecule is O=C(COc1ccc(S(=O)(=O)NC2CCCC2)cc1Cl)NCc1ccc(S(=O)(=O)N2CCCCC2)cc1. The van der Waals surface area contributed by atoms with Crippen molar-refractivity contribution in [1.82, 2.24) is 14.3 Å². The van der Waals surface area contributed by atoms with Crippen LogP contribution in [0.2, 0.25) is 5.02 Å². The Morgan fingerprint density at radius 3 is 2.22 bits per heavy atom. The molecule has 2 aliphatic rings. The maximum atomic E-state index is 12.8. The number of amides is 1. The minimum absolute atomic E-state index is 0.0481. The van der Waals surface area contributed by atoms with Crippen LogP contribution in [0.4, 0.5) is 0 Å². The number of carbonyl (C=O) groups excluding carboxylic acids is 1. The summed E-state index contributed by atoms with van der Waals surface area (Å²) in [5, 5.41) is 2.80. The van der Waals surface area contributed by atoms with Crippen LogP contribution in [0.5, 0.6) is 5.75 Å². The van der Waals surface area contributed by atoms with Crippen LogP contribution in [0, 0.1) is 0 Å². The van der Waals surface area contributed by atoms with Gasteiger partial charge in [-0.1, -0.05) is 43.0 Å². The molecule has 2 fully saturated rings. The summed E-state index contributed by atoms with van der Waals surface area (Å²) in [6.07, 6.45) is 6.46. The summed E-state index contributed by atoms with van der Waals surface area (Å²) in [7, 11) is -7.18. The molecular formula is C25H32ClN3O6S2.